The fourth-order valence-electron chi connectivity index (χ4n) is 3.64. The molecule has 0 aliphatic carbocycles. The Morgan fingerprint density at radius 3 is 2.52 bits per heavy atom. The first-order valence-electron chi connectivity index (χ1n) is 9.76. The SMILES string of the molecule is CC(=O)NC1[C@H](Oc2ccc([N+](=O)[O-])cc2)OC2COC(c3ccccc3)O[C@H]2[C@@H]1O. The Kier molecular flexibility index (Phi) is 6.14. The molecular weight excluding hydrogens is 408 g/mol. The lowest BCUT2D eigenvalue weighted by atomic mass is 9.95. The summed E-state index contributed by atoms with van der Waals surface area (Å²) in [4.78, 5) is 22.1. The van der Waals surface area contributed by atoms with E-state index in [4.69, 9.17) is 18.9 Å². The van der Waals surface area contributed by atoms with Crippen molar-refractivity contribution in [3.05, 3.63) is 70.3 Å². The summed E-state index contributed by atoms with van der Waals surface area (Å²) in [5.41, 5.74) is 0.713. The number of benzene rings is 2. The Balaban J connectivity index is 1.52. The molecule has 2 aromatic rings. The molecule has 2 N–H and O–H groups in total. The van der Waals surface area contributed by atoms with Gasteiger partial charge in [0.1, 0.15) is 30.1 Å². The van der Waals surface area contributed by atoms with E-state index in [1.54, 1.807) is 0 Å². The van der Waals surface area contributed by atoms with Gasteiger partial charge >= 0.3 is 0 Å². The number of fused-ring (bicyclic) bond motifs is 1. The van der Waals surface area contributed by atoms with Gasteiger partial charge in [-0.05, 0) is 12.1 Å². The number of nitro groups is 1. The zero-order valence-electron chi connectivity index (χ0n) is 16.6. The van der Waals surface area contributed by atoms with Gasteiger partial charge in [-0.15, -0.1) is 0 Å². The fraction of sp³-hybridized carbons (Fsp3) is 0.381. The van der Waals surface area contributed by atoms with Crippen LogP contribution in [-0.2, 0) is 19.0 Å². The van der Waals surface area contributed by atoms with Gasteiger partial charge in [0.25, 0.3) is 5.69 Å². The third kappa shape index (κ3) is 4.67. The first-order chi connectivity index (χ1) is 14.9. The number of nitrogens with one attached hydrogen (secondary N) is 1. The van der Waals surface area contributed by atoms with Crippen molar-refractivity contribution in [2.24, 2.45) is 0 Å². The molecule has 0 bridgehead atoms. The summed E-state index contributed by atoms with van der Waals surface area (Å²) >= 11 is 0. The normalized spacial score (nSPS) is 30.1. The predicted molar refractivity (Wildman–Crippen MR) is 106 cm³/mol. The Morgan fingerprint density at radius 1 is 1.16 bits per heavy atom. The second kappa shape index (κ2) is 8.98. The number of aliphatic hydroxyl groups excluding tert-OH is 1. The zero-order chi connectivity index (χ0) is 22.0. The lowest BCUT2D eigenvalue weighted by molar-refractivity contribution is -0.384. The van der Waals surface area contributed by atoms with Crippen LogP contribution in [-0.4, -0.2) is 53.2 Å². The number of carbonyl (C=O) groups is 1. The van der Waals surface area contributed by atoms with Crippen molar-refractivity contribution in [1.29, 1.82) is 0 Å². The van der Waals surface area contributed by atoms with Crippen LogP contribution in [0.5, 0.6) is 5.75 Å². The second-order valence-electron chi connectivity index (χ2n) is 7.31. The molecular formula is C21H22N2O8. The van der Waals surface area contributed by atoms with Crippen molar-refractivity contribution in [2.45, 2.75) is 43.9 Å². The van der Waals surface area contributed by atoms with E-state index in [1.807, 2.05) is 30.3 Å². The second-order valence-corrected chi connectivity index (χ2v) is 7.31. The molecule has 2 saturated heterocycles. The van der Waals surface area contributed by atoms with Gasteiger partial charge < -0.3 is 29.4 Å². The van der Waals surface area contributed by atoms with Crippen LogP contribution in [0.3, 0.4) is 0 Å². The van der Waals surface area contributed by atoms with E-state index in [2.05, 4.69) is 5.32 Å². The minimum atomic E-state index is -1.14. The number of rotatable bonds is 5. The van der Waals surface area contributed by atoms with Crippen molar-refractivity contribution < 1.29 is 33.8 Å². The average molecular weight is 430 g/mol. The van der Waals surface area contributed by atoms with Crippen LogP contribution in [0.2, 0.25) is 0 Å². The lowest BCUT2D eigenvalue weighted by Gasteiger charge is -2.47. The van der Waals surface area contributed by atoms with E-state index >= 15 is 0 Å². The molecule has 0 aromatic heterocycles. The highest BCUT2D eigenvalue weighted by Crippen LogP contribution is 2.35. The Morgan fingerprint density at radius 2 is 1.87 bits per heavy atom. The van der Waals surface area contributed by atoms with Gasteiger partial charge in [0.05, 0.1) is 11.5 Å². The van der Waals surface area contributed by atoms with E-state index in [0.717, 1.165) is 5.56 Å². The maximum absolute atomic E-state index is 11.7. The molecule has 3 unspecified atom stereocenters. The minimum Gasteiger partial charge on any atom is -0.463 e. The summed E-state index contributed by atoms with van der Waals surface area (Å²) in [6.07, 6.45) is -4.26. The molecule has 2 fully saturated rings. The number of nitrogens with zero attached hydrogens (tertiary/aromatic N) is 1. The zero-order valence-corrected chi connectivity index (χ0v) is 16.6. The summed E-state index contributed by atoms with van der Waals surface area (Å²) in [7, 11) is 0. The van der Waals surface area contributed by atoms with Crippen molar-refractivity contribution in [1.82, 2.24) is 5.32 Å². The van der Waals surface area contributed by atoms with Crippen molar-refractivity contribution >= 4 is 11.6 Å². The summed E-state index contributed by atoms with van der Waals surface area (Å²) < 4.78 is 23.5. The lowest BCUT2D eigenvalue weighted by Crippen LogP contribution is -2.67. The first kappa shape index (κ1) is 21.2. The van der Waals surface area contributed by atoms with Gasteiger partial charge in [-0.3, -0.25) is 14.9 Å². The Labute approximate surface area is 177 Å². The largest absolute Gasteiger partial charge is 0.463 e. The predicted octanol–water partition coefficient (Wildman–Crippen LogP) is 1.68. The molecule has 1 amide bonds. The molecule has 0 spiro atoms. The van der Waals surface area contributed by atoms with Gasteiger partial charge in [-0.25, -0.2) is 0 Å². The topological polar surface area (TPSA) is 129 Å². The number of aliphatic hydroxyl groups is 1. The molecule has 2 heterocycles. The number of ether oxygens (including phenoxy) is 4. The molecule has 6 atom stereocenters. The van der Waals surface area contributed by atoms with Crippen molar-refractivity contribution in [3.63, 3.8) is 0 Å². The quantitative estimate of drug-likeness (QED) is 0.541. The third-order valence-electron chi connectivity index (χ3n) is 5.11. The number of non-ortho nitro benzene ring substituents is 1. The van der Waals surface area contributed by atoms with Gasteiger partial charge in [-0.2, -0.15) is 0 Å². The minimum absolute atomic E-state index is 0.0866. The smallest absolute Gasteiger partial charge is 0.269 e. The molecule has 0 saturated carbocycles. The fourth-order valence-corrected chi connectivity index (χ4v) is 3.64. The first-order valence-corrected chi connectivity index (χ1v) is 9.76. The third-order valence-corrected chi connectivity index (χ3v) is 5.11. The molecule has 2 aliphatic heterocycles. The van der Waals surface area contributed by atoms with Crippen LogP contribution in [0.25, 0.3) is 0 Å². The van der Waals surface area contributed by atoms with Crippen LogP contribution in [0.1, 0.15) is 18.8 Å². The highest BCUT2D eigenvalue weighted by Gasteiger charge is 2.50. The molecule has 2 aliphatic rings. The summed E-state index contributed by atoms with van der Waals surface area (Å²) in [5.74, 6) is -0.0912. The number of amides is 1. The van der Waals surface area contributed by atoms with Crippen molar-refractivity contribution in [2.75, 3.05) is 6.61 Å². The van der Waals surface area contributed by atoms with Gasteiger partial charge in [0.15, 0.2) is 6.29 Å². The standard InChI is InChI=1S/C21H22N2O8/c1-12(24)22-17-18(25)19-16(11-28-20(31-19)13-5-3-2-4-6-13)30-21(17)29-15-9-7-14(8-10-15)23(26)27/h2-10,16-21,25H,11H2,1H3,(H,22,24)/t16?,17?,18-,19-,20?,21-/m1/s1. The van der Waals surface area contributed by atoms with Crippen LogP contribution >= 0.6 is 0 Å². The van der Waals surface area contributed by atoms with E-state index < -0.39 is 41.9 Å². The molecule has 10 nitrogen and oxygen atoms in total. The van der Waals surface area contributed by atoms with Gasteiger partial charge in [-0.1, -0.05) is 30.3 Å². The number of carbonyl (C=O) groups excluding carboxylic acids is 1. The maximum Gasteiger partial charge on any atom is 0.269 e. The van der Waals surface area contributed by atoms with Crippen LogP contribution in [0.4, 0.5) is 5.69 Å². The van der Waals surface area contributed by atoms with Crippen LogP contribution in [0.15, 0.2) is 54.6 Å². The van der Waals surface area contributed by atoms with E-state index in [9.17, 15) is 20.0 Å². The molecule has 10 heteroatoms. The monoisotopic (exact) mass is 430 g/mol. The van der Waals surface area contributed by atoms with Gasteiger partial charge in [0, 0.05) is 24.6 Å². The Bertz CT molecular complexity index is 923. The van der Waals surface area contributed by atoms with Crippen molar-refractivity contribution in [3.8, 4) is 5.75 Å². The molecule has 4 rings (SSSR count). The summed E-state index contributed by atoms with van der Waals surface area (Å²) in [5, 5.41) is 24.5. The Hall–Kier alpha value is -3.05. The molecule has 164 valence electrons. The van der Waals surface area contributed by atoms with E-state index in [1.165, 1.54) is 31.2 Å². The summed E-state index contributed by atoms with van der Waals surface area (Å²) in [6.45, 7) is 1.47. The average Bonchev–Trinajstić information content (AvgIpc) is 2.77. The number of hydrogen-bond donors (Lipinski definition) is 2. The van der Waals surface area contributed by atoms with Crippen LogP contribution in [0, 0.1) is 10.1 Å². The highest BCUT2D eigenvalue weighted by atomic mass is 16.7. The van der Waals surface area contributed by atoms with E-state index in [0.29, 0.717) is 0 Å². The summed E-state index contributed by atoms with van der Waals surface area (Å²) in [6, 6.07) is 13.8. The number of nitro benzene ring substituents is 1. The van der Waals surface area contributed by atoms with E-state index in [-0.39, 0.29) is 24.0 Å². The highest BCUT2D eigenvalue weighted by molar-refractivity contribution is 5.73. The number of hydrogen-bond acceptors (Lipinski definition) is 8. The van der Waals surface area contributed by atoms with Gasteiger partial charge in [0.2, 0.25) is 12.2 Å². The molecule has 31 heavy (non-hydrogen) atoms. The van der Waals surface area contributed by atoms with Crippen LogP contribution < -0.4 is 10.1 Å². The maximum atomic E-state index is 11.7. The molecule has 0 radical (unpaired) electrons. The molecule has 2 aromatic carbocycles.